The number of hydrogen-bond acceptors (Lipinski definition) is 13. The number of phosphoric acid groups is 1. The summed E-state index contributed by atoms with van der Waals surface area (Å²) in [6, 6.07) is -0.0827. The number of carbonyl (C=O) groups is 2. The molecule has 2 atom stereocenters. The van der Waals surface area contributed by atoms with Gasteiger partial charge in [0.25, 0.3) is 0 Å². The third-order valence-corrected chi connectivity index (χ3v) is 9.37. The highest BCUT2D eigenvalue weighted by Crippen LogP contribution is 2.50. The van der Waals surface area contributed by atoms with Crippen LogP contribution >= 0.6 is 31.3 Å². The number of fused-ring (bicyclic) bond motifs is 1. The van der Waals surface area contributed by atoms with Gasteiger partial charge in [-0.2, -0.15) is 9.97 Å². The lowest BCUT2D eigenvalue weighted by Crippen LogP contribution is -2.13. The van der Waals surface area contributed by atoms with Crippen molar-refractivity contribution in [3.63, 3.8) is 0 Å². The van der Waals surface area contributed by atoms with Crippen LogP contribution in [0, 0.1) is 17.8 Å². The Hall–Kier alpha value is -1.96. The number of nitrogens with two attached hydrogens (primary N) is 1. The van der Waals surface area contributed by atoms with Gasteiger partial charge in [0.15, 0.2) is 21.4 Å². The lowest BCUT2D eigenvalue weighted by atomic mass is 10.1. The molecule has 12 nitrogen and oxygen atoms in total. The quantitative estimate of drug-likeness (QED) is 0.173. The summed E-state index contributed by atoms with van der Waals surface area (Å²) in [6.45, 7) is 7.39. The molecule has 1 aliphatic carbocycles. The van der Waals surface area contributed by atoms with E-state index in [9.17, 15) is 14.2 Å². The third-order valence-electron chi connectivity index (χ3n) is 5.65. The second kappa shape index (κ2) is 14.6. The van der Waals surface area contributed by atoms with Crippen LogP contribution < -0.4 is 10.5 Å². The molecule has 2 N–H and O–H groups in total. The highest BCUT2D eigenvalue weighted by atomic mass is 32.2. The Morgan fingerprint density at radius 2 is 1.67 bits per heavy atom. The van der Waals surface area contributed by atoms with Crippen LogP contribution in [0.2, 0.25) is 0 Å². The zero-order valence-corrected chi connectivity index (χ0v) is 25.3. The highest BCUT2D eigenvalue weighted by Gasteiger charge is 2.31. The Balaban J connectivity index is 1.58. The molecule has 216 valence electrons. The summed E-state index contributed by atoms with van der Waals surface area (Å²) in [6.07, 6.45) is 6.25. The molecule has 2 aromatic heterocycles. The smallest absolute Gasteiger partial charge is 0.474 e. The number of imidazole rings is 1. The number of phosphoric ester groups is 1. The molecule has 0 aliphatic heterocycles. The van der Waals surface area contributed by atoms with Crippen molar-refractivity contribution in [3.05, 3.63) is 18.5 Å². The van der Waals surface area contributed by atoms with Crippen LogP contribution in [0.5, 0.6) is 5.88 Å². The molecule has 0 saturated carbocycles. The normalized spacial score (nSPS) is 17.5. The van der Waals surface area contributed by atoms with Crippen LogP contribution in [0.25, 0.3) is 11.2 Å². The Kier molecular flexibility index (Phi) is 11.8. The molecule has 0 unspecified atom stereocenters. The molecule has 1 aliphatic rings. The zero-order valence-electron chi connectivity index (χ0n) is 22.8. The van der Waals surface area contributed by atoms with Crippen molar-refractivity contribution < 1.29 is 32.5 Å². The van der Waals surface area contributed by atoms with Gasteiger partial charge in [-0.3, -0.25) is 23.2 Å². The maximum absolute atomic E-state index is 13.4. The first kappa shape index (κ1) is 31.6. The van der Waals surface area contributed by atoms with Gasteiger partial charge in [0, 0.05) is 29.3 Å². The van der Waals surface area contributed by atoms with Gasteiger partial charge in [-0.25, -0.2) is 9.55 Å². The largest absolute Gasteiger partial charge is 0.479 e. The van der Waals surface area contributed by atoms with E-state index in [1.807, 2.05) is 44.4 Å². The predicted molar refractivity (Wildman–Crippen MR) is 153 cm³/mol. The minimum atomic E-state index is -3.93. The van der Waals surface area contributed by atoms with Crippen LogP contribution in [-0.4, -0.2) is 68.2 Å². The van der Waals surface area contributed by atoms with Crippen LogP contribution in [0.3, 0.4) is 0 Å². The van der Waals surface area contributed by atoms with Gasteiger partial charge < -0.3 is 15.0 Å². The number of methoxy groups -OCH3 is 1. The van der Waals surface area contributed by atoms with Gasteiger partial charge >= 0.3 is 7.82 Å². The van der Waals surface area contributed by atoms with Gasteiger partial charge in [0.1, 0.15) is 0 Å². The number of allylic oxidation sites excluding steroid dienone is 1. The fourth-order valence-electron chi connectivity index (χ4n) is 3.59. The van der Waals surface area contributed by atoms with Gasteiger partial charge in [-0.15, -0.1) is 0 Å². The Morgan fingerprint density at radius 3 is 2.23 bits per heavy atom. The first-order chi connectivity index (χ1) is 18.5. The van der Waals surface area contributed by atoms with Crippen LogP contribution in [-0.2, 0) is 27.7 Å². The molecule has 0 fully saturated rings. The summed E-state index contributed by atoms with van der Waals surface area (Å²) in [4.78, 5) is 36.5. The number of hydrogen-bond donors (Lipinski definition) is 1. The first-order valence-electron chi connectivity index (χ1n) is 12.6. The first-order valence-corrected chi connectivity index (χ1v) is 16.1. The molecule has 0 saturated heterocycles. The number of nitrogens with zero attached hydrogens (tertiary/aromatic N) is 4. The van der Waals surface area contributed by atoms with Crippen molar-refractivity contribution in [2.75, 3.05) is 44.2 Å². The molecule has 2 heterocycles. The van der Waals surface area contributed by atoms with Gasteiger partial charge in [-0.05, 0) is 6.42 Å². The molecule has 3 rings (SSSR count). The molecule has 15 heteroatoms. The highest BCUT2D eigenvalue weighted by molar-refractivity contribution is 8.13. The lowest BCUT2D eigenvalue weighted by Gasteiger charge is -2.20. The van der Waals surface area contributed by atoms with Crippen molar-refractivity contribution in [1.82, 2.24) is 19.5 Å². The number of nitrogen functional groups attached to an aromatic ring is 1. The van der Waals surface area contributed by atoms with E-state index in [0.717, 1.165) is 23.5 Å². The molecule has 0 amide bonds. The van der Waals surface area contributed by atoms with E-state index in [-0.39, 0.29) is 59.8 Å². The van der Waals surface area contributed by atoms with Crippen LogP contribution in [0.4, 0.5) is 5.95 Å². The number of ether oxygens (including phenoxy) is 1. The monoisotopic (exact) mass is 601 g/mol. The Labute approximate surface area is 236 Å². The minimum absolute atomic E-state index is 0.0194. The van der Waals surface area contributed by atoms with E-state index < -0.39 is 7.82 Å². The number of aromatic nitrogens is 4. The summed E-state index contributed by atoms with van der Waals surface area (Å²) in [7, 11) is -2.44. The second-order valence-corrected chi connectivity index (χ2v) is 13.3. The summed E-state index contributed by atoms with van der Waals surface area (Å²) in [5.41, 5.74) is 6.89. The van der Waals surface area contributed by atoms with E-state index in [2.05, 4.69) is 15.0 Å². The van der Waals surface area contributed by atoms with Crippen molar-refractivity contribution in [2.24, 2.45) is 17.8 Å². The summed E-state index contributed by atoms with van der Waals surface area (Å²) in [5.74, 6) is 0.730. The fourth-order valence-corrected chi connectivity index (χ4v) is 6.47. The van der Waals surface area contributed by atoms with Crippen LogP contribution in [0.1, 0.15) is 40.2 Å². The molecule has 0 radical (unpaired) electrons. The topological polar surface area (TPSA) is 158 Å². The van der Waals surface area contributed by atoms with E-state index in [1.165, 1.54) is 7.11 Å². The summed E-state index contributed by atoms with van der Waals surface area (Å²) < 4.78 is 37.3. The Morgan fingerprint density at radius 1 is 1.05 bits per heavy atom. The molecule has 2 aromatic rings. The van der Waals surface area contributed by atoms with E-state index in [0.29, 0.717) is 35.0 Å². The number of anilines is 1. The molecular formula is C24H36N5O7PS2. The van der Waals surface area contributed by atoms with Crippen molar-refractivity contribution in [1.29, 1.82) is 0 Å². The summed E-state index contributed by atoms with van der Waals surface area (Å²) in [5, 5.41) is 0.0512. The number of carbonyl (C=O) groups excluding carboxylic acids is 2. The average Bonchev–Trinajstić information content (AvgIpc) is 3.54. The molecular weight excluding hydrogens is 565 g/mol. The molecule has 39 heavy (non-hydrogen) atoms. The maximum atomic E-state index is 13.4. The zero-order chi connectivity index (χ0) is 28.6. The van der Waals surface area contributed by atoms with Crippen molar-refractivity contribution in [2.45, 2.75) is 40.2 Å². The third kappa shape index (κ3) is 9.02. The Bertz CT molecular complexity index is 1190. The summed E-state index contributed by atoms with van der Waals surface area (Å²) >= 11 is 2.23. The van der Waals surface area contributed by atoms with Gasteiger partial charge in [-0.1, -0.05) is 63.4 Å². The second-order valence-electron chi connectivity index (χ2n) is 9.42. The SMILES string of the molecule is COc1nc(N)nc2c1ncn2[C@H]1C=C[C@@H](COP(=O)(OCCSC(=O)C(C)C)OCCSC(=O)C(C)C)C1. The lowest BCUT2D eigenvalue weighted by molar-refractivity contribution is -0.114. The molecule has 0 spiro atoms. The average molecular weight is 602 g/mol. The van der Waals surface area contributed by atoms with E-state index in [4.69, 9.17) is 24.0 Å². The van der Waals surface area contributed by atoms with Gasteiger partial charge in [0.05, 0.1) is 39.3 Å². The van der Waals surface area contributed by atoms with Gasteiger partial charge in [0.2, 0.25) is 11.8 Å². The van der Waals surface area contributed by atoms with Crippen LogP contribution in [0.15, 0.2) is 18.5 Å². The van der Waals surface area contributed by atoms with Crippen molar-refractivity contribution in [3.8, 4) is 5.88 Å². The fraction of sp³-hybridized carbons (Fsp3) is 0.625. The predicted octanol–water partition coefficient (Wildman–Crippen LogP) is 4.52. The molecule has 0 aromatic carbocycles. The maximum Gasteiger partial charge on any atom is 0.474 e. The van der Waals surface area contributed by atoms with Crippen molar-refractivity contribution >= 4 is 58.7 Å². The number of thioether (sulfide) groups is 2. The standard InChI is InChI=1S/C24H36N5O7PS2/c1-15(2)22(30)38-10-8-34-37(32,35-9-11-39-23(31)16(3)4)36-13-17-6-7-18(12-17)29-14-26-19-20(29)27-24(25)28-21(19)33-5/h6-7,14-18H,8-13H2,1-5H3,(H2,25,27,28)/t17-,18+/m1/s1. The minimum Gasteiger partial charge on any atom is -0.479 e. The van der Waals surface area contributed by atoms with E-state index in [1.54, 1.807) is 6.33 Å². The number of rotatable bonds is 15. The molecule has 0 bridgehead atoms. The van der Waals surface area contributed by atoms with E-state index >= 15 is 0 Å².